The summed E-state index contributed by atoms with van der Waals surface area (Å²) in [5.74, 6) is -1.22. The monoisotopic (exact) mass is 283 g/mol. The average Bonchev–Trinajstić information content (AvgIpc) is 2.86. The Balaban J connectivity index is 1.86. The van der Waals surface area contributed by atoms with Crippen LogP contribution in [0.1, 0.15) is 37.6 Å². The molecule has 104 valence electrons. The van der Waals surface area contributed by atoms with Crippen LogP contribution in [0.15, 0.2) is 0 Å². The van der Waals surface area contributed by atoms with Gasteiger partial charge in [0.2, 0.25) is 11.0 Å². The Kier molecular flexibility index (Phi) is 4.47. The molecule has 1 amide bonds. The third-order valence-electron chi connectivity index (χ3n) is 3.45. The number of carbonyl (C=O) groups excluding carboxylic acids is 1. The van der Waals surface area contributed by atoms with E-state index in [0.717, 1.165) is 11.4 Å². The highest BCUT2D eigenvalue weighted by Gasteiger charge is 2.30. The van der Waals surface area contributed by atoms with Gasteiger partial charge in [-0.3, -0.25) is 9.59 Å². The van der Waals surface area contributed by atoms with Crippen LogP contribution >= 0.6 is 11.3 Å². The van der Waals surface area contributed by atoms with Crippen molar-refractivity contribution in [1.82, 2.24) is 10.2 Å². The van der Waals surface area contributed by atoms with Gasteiger partial charge in [0.25, 0.3) is 0 Å². The molecule has 1 saturated carbocycles. The lowest BCUT2D eigenvalue weighted by molar-refractivity contribution is -0.143. The van der Waals surface area contributed by atoms with Crippen LogP contribution in [0.4, 0.5) is 5.13 Å². The summed E-state index contributed by atoms with van der Waals surface area (Å²) in [5, 5.41) is 21.0. The van der Waals surface area contributed by atoms with Crippen molar-refractivity contribution >= 4 is 28.3 Å². The maximum absolute atomic E-state index is 12.0. The number of aryl methyl sites for hydroxylation is 1. The smallest absolute Gasteiger partial charge is 0.306 e. The number of aromatic nitrogens is 2. The predicted molar refractivity (Wildman–Crippen MR) is 71.0 cm³/mol. The van der Waals surface area contributed by atoms with E-state index >= 15 is 0 Å². The molecule has 6 nitrogen and oxygen atoms in total. The summed E-state index contributed by atoms with van der Waals surface area (Å²) in [6, 6.07) is 0. The summed E-state index contributed by atoms with van der Waals surface area (Å²) in [7, 11) is 0. The predicted octanol–water partition coefficient (Wildman–Crippen LogP) is 1.93. The van der Waals surface area contributed by atoms with Crippen molar-refractivity contribution in [3.8, 4) is 0 Å². The van der Waals surface area contributed by atoms with E-state index in [2.05, 4.69) is 15.5 Å². The Hall–Kier alpha value is -1.50. The van der Waals surface area contributed by atoms with E-state index in [1.807, 2.05) is 6.92 Å². The number of amides is 1. The zero-order valence-corrected chi connectivity index (χ0v) is 11.6. The van der Waals surface area contributed by atoms with Crippen LogP contribution in [0, 0.1) is 11.8 Å². The minimum atomic E-state index is -0.754. The molecule has 0 bridgehead atoms. The third kappa shape index (κ3) is 3.50. The van der Waals surface area contributed by atoms with Crippen LogP contribution in [0.3, 0.4) is 0 Å². The highest BCUT2D eigenvalue weighted by molar-refractivity contribution is 7.15. The van der Waals surface area contributed by atoms with Gasteiger partial charge in [-0.1, -0.05) is 18.3 Å². The van der Waals surface area contributed by atoms with E-state index in [1.54, 1.807) is 0 Å². The summed E-state index contributed by atoms with van der Waals surface area (Å²) in [6.45, 7) is 1.99. The molecular weight excluding hydrogens is 266 g/mol. The first-order valence-electron chi connectivity index (χ1n) is 6.46. The largest absolute Gasteiger partial charge is 0.481 e. The van der Waals surface area contributed by atoms with Gasteiger partial charge in [0, 0.05) is 5.92 Å². The molecule has 0 aliphatic heterocycles. The molecule has 1 fully saturated rings. The zero-order chi connectivity index (χ0) is 13.8. The molecule has 1 aliphatic rings. The lowest BCUT2D eigenvalue weighted by atomic mass is 9.81. The maximum atomic E-state index is 12.0. The van der Waals surface area contributed by atoms with Gasteiger partial charge in [0.05, 0.1) is 5.92 Å². The van der Waals surface area contributed by atoms with Crippen molar-refractivity contribution in [2.75, 3.05) is 5.32 Å². The topological polar surface area (TPSA) is 92.2 Å². The number of rotatable bonds is 4. The fourth-order valence-electron chi connectivity index (χ4n) is 2.26. The van der Waals surface area contributed by atoms with Crippen LogP contribution in [0.25, 0.3) is 0 Å². The molecule has 0 spiro atoms. The van der Waals surface area contributed by atoms with Crippen molar-refractivity contribution in [1.29, 1.82) is 0 Å². The molecule has 1 heterocycles. The molecule has 0 saturated heterocycles. The summed E-state index contributed by atoms with van der Waals surface area (Å²) < 4.78 is 0. The number of carboxylic acids is 1. The normalized spacial score (nSPS) is 23.0. The first kappa shape index (κ1) is 13.9. The zero-order valence-electron chi connectivity index (χ0n) is 10.8. The molecule has 2 rings (SSSR count). The van der Waals surface area contributed by atoms with E-state index in [-0.39, 0.29) is 17.7 Å². The van der Waals surface area contributed by atoms with Crippen LogP contribution < -0.4 is 5.32 Å². The molecule has 1 aromatic rings. The summed E-state index contributed by atoms with van der Waals surface area (Å²) >= 11 is 1.38. The molecule has 0 radical (unpaired) electrons. The molecule has 0 aromatic carbocycles. The molecule has 1 aromatic heterocycles. The highest BCUT2D eigenvalue weighted by atomic mass is 32.1. The second kappa shape index (κ2) is 6.10. The number of aliphatic carboxylic acids is 1. The summed E-state index contributed by atoms with van der Waals surface area (Å²) in [5.41, 5.74) is 0. The molecule has 19 heavy (non-hydrogen) atoms. The standard InChI is InChI=1S/C12H17N3O3S/c1-2-9-14-15-12(19-9)13-10(16)7-3-5-8(6-4-7)11(17)18/h7-8H,2-6H2,1H3,(H,17,18)(H,13,15,16). The quantitative estimate of drug-likeness (QED) is 0.880. The van der Waals surface area contributed by atoms with Crippen LogP contribution in [-0.4, -0.2) is 27.2 Å². The number of anilines is 1. The van der Waals surface area contributed by atoms with Crippen LogP contribution in [0.2, 0.25) is 0 Å². The molecular formula is C12H17N3O3S. The molecule has 0 atom stereocenters. The Bertz CT molecular complexity index is 467. The Morgan fingerprint density at radius 1 is 1.26 bits per heavy atom. The fraction of sp³-hybridized carbons (Fsp3) is 0.667. The molecule has 2 N–H and O–H groups in total. The average molecular weight is 283 g/mol. The molecule has 0 unspecified atom stereocenters. The van der Waals surface area contributed by atoms with Gasteiger partial charge in [-0.2, -0.15) is 0 Å². The first-order valence-corrected chi connectivity index (χ1v) is 7.27. The second-order valence-electron chi connectivity index (χ2n) is 4.73. The highest BCUT2D eigenvalue weighted by Crippen LogP contribution is 2.30. The Labute approximate surface area is 115 Å². The van der Waals surface area contributed by atoms with E-state index < -0.39 is 5.97 Å². The number of hydrogen-bond donors (Lipinski definition) is 2. The van der Waals surface area contributed by atoms with Gasteiger partial charge < -0.3 is 10.4 Å². The lowest BCUT2D eigenvalue weighted by Crippen LogP contribution is -2.29. The minimum absolute atomic E-state index is 0.0670. The number of carboxylic acid groups (broad SMARTS) is 1. The van der Waals surface area contributed by atoms with Crippen molar-refractivity contribution < 1.29 is 14.7 Å². The summed E-state index contributed by atoms with van der Waals surface area (Å²) in [6.07, 6.45) is 3.20. The van der Waals surface area contributed by atoms with Gasteiger partial charge in [0.15, 0.2) is 0 Å². The lowest BCUT2D eigenvalue weighted by Gasteiger charge is -2.24. The Morgan fingerprint density at radius 3 is 2.42 bits per heavy atom. The van der Waals surface area contributed by atoms with Gasteiger partial charge >= 0.3 is 5.97 Å². The molecule has 1 aliphatic carbocycles. The first-order chi connectivity index (χ1) is 9.10. The fourth-order valence-corrected chi connectivity index (χ4v) is 2.94. The Morgan fingerprint density at radius 2 is 1.89 bits per heavy atom. The summed E-state index contributed by atoms with van der Waals surface area (Å²) in [4.78, 5) is 22.9. The van der Waals surface area contributed by atoms with Crippen LogP contribution in [0.5, 0.6) is 0 Å². The number of carbonyl (C=O) groups is 2. The van der Waals surface area contributed by atoms with Gasteiger partial charge in [-0.05, 0) is 32.1 Å². The maximum Gasteiger partial charge on any atom is 0.306 e. The SMILES string of the molecule is CCc1nnc(NC(=O)C2CCC(C(=O)O)CC2)s1. The van der Waals surface area contributed by atoms with Crippen molar-refractivity contribution in [3.63, 3.8) is 0 Å². The number of hydrogen-bond acceptors (Lipinski definition) is 5. The molecule has 7 heteroatoms. The van der Waals surface area contributed by atoms with Gasteiger partial charge in [0.1, 0.15) is 5.01 Å². The number of nitrogens with zero attached hydrogens (tertiary/aromatic N) is 2. The van der Waals surface area contributed by atoms with E-state index in [0.29, 0.717) is 30.8 Å². The van der Waals surface area contributed by atoms with E-state index in [9.17, 15) is 9.59 Å². The van der Waals surface area contributed by atoms with E-state index in [4.69, 9.17) is 5.11 Å². The van der Waals surface area contributed by atoms with Crippen LogP contribution in [-0.2, 0) is 16.0 Å². The van der Waals surface area contributed by atoms with Crippen molar-refractivity contribution in [2.24, 2.45) is 11.8 Å². The van der Waals surface area contributed by atoms with Crippen molar-refractivity contribution in [2.45, 2.75) is 39.0 Å². The van der Waals surface area contributed by atoms with E-state index in [1.165, 1.54) is 11.3 Å². The van der Waals surface area contributed by atoms with Crippen molar-refractivity contribution in [3.05, 3.63) is 5.01 Å². The number of nitrogens with one attached hydrogen (secondary N) is 1. The third-order valence-corrected chi connectivity index (χ3v) is 4.43. The van der Waals surface area contributed by atoms with Gasteiger partial charge in [-0.25, -0.2) is 0 Å². The van der Waals surface area contributed by atoms with Gasteiger partial charge in [-0.15, -0.1) is 10.2 Å². The second-order valence-corrected chi connectivity index (χ2v) is 5.79. The minimum Gasteiger partial charge on any atom is -0.481 e.